The lowest BCUT2D eigenvalue weighted by atomic mass is 10.0. The van der Waals surface area contributed by atoms with Crippen LogP contribution in [0.5, 0.6) is 0 Å². The molecule has 2 aromatic carbocycles. The maximum absolute atomic E-state index is 13.7. The molecule has 1 amide bonds. The number of nitrogens with zero attached hydrogens (tertiary/aromatic N) is 1. The first-order valence-corrected chi connectivity index (χ1v) is 12.7. The van der Waals surface area contributed by atoms with E-state index in [2.05, 4.69) is 15.6 Å². The summed E-state index contributed by atoms with van der Waals surface area (Å²) >= 11 is 0. The zero-order valence-electron chi connectivity index (χ0n) is 18.9. The zero-order valence-corrected chi connectivity index (χ0v) is 19.7. The number of hydrogen-bond acceptors (Lipinski definition) is 6. The van der Waals surface area contributed by atoms with Gasteiger partial charge in [-0.1, -0.05) is 24.3 Å². The van der Waals surface area contributed by atoms with Gasteiger partial charge >= 0.3 is 6.18 Å². The summed E-state index contributed by atoms with van der Waals surface area (Å²) in [6, 6.07) is 12.2. The Morgan fingerprint density at radius 2 is 1.86 bits per heavy atom. The number of pyridine rings is 1. The highest BCUT2D eigenvalue weighted by Gasteiger charge is 2.37. The van der Waals surface area contributed by atoms with Gasteiger partial charge in [0.25, 0.3) is 0 Å². The van der Waals surface area contributed by atoms with E-state index in [9.17, 15) is 30.8 Å². The monoisotopic (exact) mass is 533 g/mol. The highest BCUT2D eigenvalue weighted by molar-refractivity contribution is 7.91. The first kappa shape index (κ1) is 24.9. The molecule has 2 atom stereocenters. The van der Waals surface area contributed by atoms with Crippen molar-refractivity contribution in [2.75, 3.05) is 6.54 Å². The fraction of sp³-hybridized carbons (Fsp3) is 0.200. The molecule has 1 unspecified atom stereocenters. The van der Waals surface area contributed by atoms with Gasteiger partial charge in [-0.2, -0.15) is 13.2 Å². The third-order valence-electron chi connectivity index (χ3n) is 6.04. The normalized spacial score (nSPS) is 16.8. The van der Waals surface area contributed by atoms with Crippen LogP contribution in [0.1, 0.15) is 23.1 Å². The van der Waals surface area contributed by atoms with Crippen molar-refractivity contribution in [2.24, 2.45) is 0 Å². The van der Waals surface area contributed by atoms with Crippen LogP contribution in [-0.4, -0.2) is 31.9 Å². The van der Waals surface area contributed by atoms with Gasteiger partial charge in [0.15, 0.2) is 5.37 Å². The molecule has 192 valence electrons. The summed E-state index contributed by atoms with van der Waals surface area (Å²) in [6.07, 6.45) is -3.04. The molecule has 0 bridgehead atoms. The summed E-state index contributed by atoms with van der Waals surface area (Å²) in [5.41, 5.74) is -0.0553. The fourth-order valence-corrected chi connectivity index (χ4v) is 5.45. The molecule has 4 aromatic rings. The van der Waals surface area contributed by atoms with E-state index >= 15 is 0 Å². The van der Waals surface area contributed by atoms with Gasteiger partial charge in [0.2, 0.25) is 20.8 Å². The summed E-state index contributed by atoms with van der Waals surface area (Å²) in [7, 11) is -4.38. The van der Waals surface area contributed by atoms with Gasteiger partial charge in [-0.3, -0.25) is 9.78 Å². The van der Waals surface area contributed by atoms with Gasteiger partial charge in [-0.15, -0.1) is 0 Å². The fourth-order valence-electron chi connectivity index (χ4n) is 3.94. The van der Waals surface area contributed by atoms with Crippen LogP contribution in [-0.2, 0) is 20.8 Å². The van der Waals surface area contributed by atoms with Crippen molar-refractivity contribution in [1.29, 1.82) is 0 Å². The number of halogens is 4. The molecule has 3 heterocycles. The molecule has 37 heavy (non-hydrogen) atoms. The second kappa shape index (κ2) is 9.27. The minimum atomic E-state index is -4.60. The Hall–Kier alpha value is -3.77. The van der Waals surface area contributed by atoms with Crippen LogP contribution in [0.2, 0.25) is 0 Å². The molecule has 2 N–H and O–H groups in total. The number of amides is 1. The summed E-state index contributed by atoms with van der Waals surface area (Å²) in [6.45, 7) is 0.612. The van der Waals surface area contributed by atoms with E-state index in [4.69, 9.17) is 4.42 Å². The molecule has 5 rings (SSSR count). The number of hydrogen-bond donors (Lipinski definition) is 2. The first-order chi connectivity index (χ1) is 17.5. The SMILES string of the molecule is O=C(N[C@H](c1cccc(-c2ccc(C(F)(F)F)nc2)c1)S(=O)(=O)c1cc2cc(F)ccc2o1)C1CCN1. The maximum atomic E-state index is 13.7. The van der Waals surface area contributed by atoms with Crippen LogP contribution < -0.4 is 10.6 Å². The van der Waals surface area contributed by atoms with Gasteiger partial charge in [-0.05, 0) is 54.4 Å². The van der Waals surface area contributed by atoms with E-state index in [1.807, 2.05) is 0 Å². The van der Waals surface area contributed by atoms with Gasteiger partial charge < -0.3 is 15.1 Å². The molecule has 0 aliphatic carbocycles. The van der Waals surface area contributed by atoms with Crippen LogP contribution in [0.15, 0.2) is 76.4 Å². The van der Waals surface area contributed by atoms with Crippen LogP contribution in [0, 0.1) is 5.82 Å². The standard InChI is InChI=1S/C25H19F4N3O4S/c26-18-5-6-20-17(11-18)12-22(36-20)37(34,35)24(32-23(33)19-8-9-30-19)15-3-1-2-14(10-15)16-4-7-21(31-13-16)25(27,28)29/h1-7,10-13,19,24,30H,8-9H2,(H,32,33)/t19?,24-/m0/s1. The lowest BCUT2D eigenvalue weighted by Gasteiger charge is -2.28. The molecule has 7 nitrogen and oxygen atoms in total. The van der Waals surface area contributed by atoms with E-state index in [1.165, 1.54) is 36.4 Å². The molecular weight excluding hydrogens is 514 g/mol. The predicted octanol–water partition coefficient (Wildman–Crippen LogP) is 4.60. The first-order valence-electron chi connectivity index (χ1n) is 11.1. The largest absolute Gasteiger partial charge is 0.445 e. The molecule has 1 saturated heterocycles. The van der Waals surface area contributed by atoms with Crippen molar-refractivity contribution < 1.29 is 35.2 Å². The maximum Gasteiger partial charge on any atom is 0.433 e. The minimum absolute atomic E-state index is 0.148. The van der Waals surface area contributed by atoms with E-state index in [-0.39, 0.29) is 16.5 Å². The number of alkyl halides is 3. The average Bonchev–Trinajstić information content (AvgIpc) is 3.25. The molecule has 0 radical (unpaired) electrons. The molecule has 0 spiro atoms. The van der Waals surface area contributed by atoms with Crippen LogP contribution in [0.4, 0.5) is 17.6 Å². The minimum Gasteiger partial charge on any atom is -0.445 e. The molecule has 1 aliphatic heterocycles. The lowest BCUT2D eigenvalue weighted by molar-refractivity contribution is -0.141. The molecule has 2 aromatic heterocycles. The van der Waals surface area contributed by atoms with E-state index in [0.717, 1.165) is 24.4 Å². The second-order valence-corrected chi connectivity index (χ2v) is 10.5. The third-order valence-corrected chi connectivity index (χ3v) is 7.81. The van der Waals surface area contributed by atoms with Gasteiger partial charge in [0.1, 0.15) is 17.1 Å². The number of nitrogens with one attached hydrogen (secondary N) is 2. The van der Waals surface area contributed by atoms with E-state index < -0.39 is 49.9 Å². The Balaban J connectivity index is 1.55. The highest BCUT2D eigenvalue weighted by atomic mass is 32.2. The quantitative estimate of drug-likeness (QED) is 0.352. The molecular formula is C25H19F4N3O4S. The number of carbonyl (C=O) groups excluding carboxylic acids is 1. The third kappa shape index (κ3) is 4.94. The van der Waals surface area contributed by atoms with Crippen molar-refractivity contribution in [3.63, 3.8) is 0 Å². The summed E-state index contributed by atoms with van der Waals surface area (Å²) in [5.74, 6) is -1.11. The number of furan rings is 1. The Morgan fingerprint density at radius 1 is 1.08 bits per heavy atom. The molecule has 0 saturated carbocycles. The van der Waals surface area contributed by atoms with Crippen molar-refractivity contribution in [3.8, 4) is 11.1 Å². The van der Waals surface area contributed by atoms with Gasteiger partial charge in [-0.25, -0.2) is 12.8 Å². The van der Waals surface area contributed by atoms with Gasteiger partial charge in [0.05, 0.1) is 6.04 Å². The van der Waals surface area contributed by atoms with Crippen molar-refractivity contribution >= 4 is 26.7 Å². The number of benzene rings is 2. The number of rotatable bonds is 6. The molecule has 12 heteroatoms. The van der Waals surface area contributed by atoms with Crippen LogP contribution in [0.25, 0.3) is 22.1 Å². The van der Waals surface area contributed by atoms with Crippen molar-refractivity contribution in [3.05, 3.63) is 83.9 Å². The summed E-state index contributed by atoms with van der Waals surface area (Å²) in [5, 5.41) is 3.62. The van der Waals surface area contributed by atoms with E-state index in [1.54, 1.807) is 6.07 Å². The summed E-state index contributed by atoms with van der Waals surface area (Å²) in [4.78, 5) is 16.2. The number of aromatic nitrogens is 1. The van der Waals surface area contributed by atoms with Crippen LogP contribution in [0.3, 0.4) is 0 Å². The Morgan fingerprint density at radius 3 is 2.51 bits per heavy atom. The molecule has 1 fully saturated rings. The summed E-state index contributed by atoms with van der Waals surface area (Å²) < 4.78 is 85.2. The highest BCUT2D eigenvalue weighted by Crippen LogP contribution is 2.34. The smallest absolute Gasteiger partial charge is 0.433 e. The zero-order chi connectivity index (χ0) is 26.4. The topological polar surface area (TPSA) is 101 Å². The Labute approximate surface area is 208 Å². The van der Waals surface area contributed by atoms with Crippen molar-refractivity contribution in [1.82, 2.24) is 15.6 Å². The average molecular weight is 534 g/mol. The van der Waals surface area contributed by atoms with E-state index in [0.29, 0.717) is 24.1 Å². The predicted molar refractivity (Wildman–Crippen MR) is 125 cm³/mol. The lowest BCUT2D eigenvalue weighted by Crippen LogP contribution is -2.54. The molecule has 1 aliphatic rings. The Kier molecular flexibility index (Phi) is 6.24. The van der Waals surface area contributed by atoms with Crippen molar-refractivity contribution in [2.45, 2.75) is 29.1 Å². The van der Waals surface area contributed by atoms with Crippen LogP contribution >= 0.6 is 0 Å². The number of fused-ring (bicyclic) bond motifs is 1. The Bertz CT molecular complexity index is 1580. The van der Waals surface area contributed by atoms with Gasteiger partial charge in [0, 0.05) is 23.2 Å². The number of carbonyl (C=O) groups is 1. The number of sulfone groups is 1. The second-order valence-electron chi connectivity index (χ2n) is 8.53.